The fraction of sp³-hybridized carbons (Fsp3) is 0.375. The predicted molar refractivity (Wildman–Crippen MR) is 120 cm³/mol. The first kappa shape index (κ1) is 18.6. The molecule has 0 spiro atoms. The molecule has 4 nitrogen and oxygen atoms in total. The van der Waals surface area contributed by atoms with Gasteiger partial charge in [-0.05, 0) is 69.4 Å². The Kier molecular flexibility index (Phi) is 4.80. The fourth-order valence-electron chi connectivity index (χ4n) is 4.23. The molecule has 4 heterocycles. The summed E-state index contributed by atoms with van der Waals surface area (Å²) in [6.07, 6.45) is 9.62. The molecule has 1 saturated heterocycles. The van der Waals surface area contributed by atoms with E-state index < -0.39 is 0 Å². The monoisotopic (exact) mass is 402 g/mol. The van der Waals surface area contributed by atoms with E-state index in [9.17, 15) is 0 Å². The van der Waals surface area contributed by atoms with Gasteiger partial charge in [0.05, 0.1) is 22.0 Å². The second-order valence-corrected chi connectivity index (χ2v) is 9.28. The molecule has 2 atom stereocenters. The van der Waals surface area contributed by atoms with Crippen molar-refractivity contribution in [2.45, 2.75) is 52.1 Å². The third kappa shape index (κ3) is 3.65. The molecule has 29 heavy (non-hydrogen) atoms. The van der Waals surface area contributed by atoms with Crippen LogP contribution in [-0.2, 0) is 6.42 Å². The van der Waals surface area contributed by atoms with Gasteiger partial charge < -0.3 is 0 Å². The summed E-state index contributed by atoms with van der Waals surface area (Å²) in [5.74, 6) is 0. The van der Waals surface area contributed by atoms with Crippen molar-refractivity contribution in [3.05, 3.63) is 59.7 Å². The van der Waals surface area contributed by atoms with Crippen LogP contribution in [0.15, 0.2) is 42.7 Å². The lowest BCUT2D eigenvalue weighted by atomic mass is 9.90. The number of pyridine rings is 2. The van der Waals surface area contributed by atoms with E-state index in [4.69, 9.17) is 9.97 Å². The van der Waals surface area contributed by atoms with E-state index in [1.54, 1.807) is 17.5 Å². The van der Waals surface area contributed by atoms with Gasteiger partial charge in [-0.1, -0.05) is 12.1 Å². The van der Waals surface area contributed by atoms with E-state index in [1.165, 1.54) is 29.8 Å². The molecule has 1 fully saturated rings. The van der Waals surface area contributed by atoms with Gasteiger partial charge in [0.2, 0.25) is 0 Å². The maximum atomic E-state index is 5.15. The van der Waals surface area contributed by atoms with E-state index in [1.807, 2.05) is 12.3 Å². The van der Waals surface area contributed by atoms with E-state index in [2.05, 4.69) is 54.9 Å². The SMILES string of the molecule is Cc1nc(-c2cccnc2)sc1-c1ccc2c(n1)C(=CC1CN1C(C)C)CCC2. The van der Waals surface area contributed by atoms with Crippen LogP contribution in [0.4, 0.5) is 0 Å². The van der Waals surface area contributed by atoms with Crippen molar-refractivity contribution in [3.63, 3.8) is 0 Å². The quantitative estimate of drug-likeness (QED) is 0.549. The number of fused-ring (bicyclic) bond motifs is 1. The lowest BCUT2D eigenvalue weighted by molar-refractivity contribution is 0.439. The van der Waals surface area contributed by atoms with Crippen LogP contribution < -0.4 is 0 Å². The Hall–Kier alpha value is -2.37. The average molecular weight is 403 g/mol. The van der Waals surface area contributed by atoms with E-state index >= 15 is 0 Å². The summed E-state index contributed by atoms with van der Waals surface area (Å²) < 4.78 is 0. The Morgan fingerprint density at radius 1 is 1.17 bits per heavy atom. The Balaban J connectivity index is 1.50. The lowest BCUT2D eigenvalue weighted by Crippen LogP contribution is -2.12. The highest BCUT2D eigenvalue weighted by atomic mass is 32.1. The maximum Gasteiger partial charge on any atom is 0.125 e. The summed E-state index contributed by atoms with van der Waals surface area (Å²) >= 11 is 1.71. The molecule has 5 rings (SSSR count). The first-order chi connectivity index (χ1) is 14.1. The zero-order valence-corrected chi connectivity index (χ0v) is 18.0. The molecule has 0 aromatic carbocycles. The summed E-state index contributed by atoms with van der Waals surface area (Å²) in [5, 5.41) is 1.01. The smallest absolute Gasteiger partial charge is 0.125 e. The van der Waals surface area contributed by atoms with Crippen LogP contribution >= 0.6 is 11.3 Å². The first-order valence-electron chi connectivity index (χ1n) is 10.4. The van der Waals surface area contributed by atoms with Crippen molar-refractivity contribution >= 4 is 16.9 Å². The first-order valence-corrected chi connectivity index (χ1v) is 11.3. The van der Waals surface area contributed by atoms with Gasteiger partial charge in [-0.25, -0.2) is 9.97 Å². The summed E-state index contributed by atoms with van der Waals surface area (Å²) in [6.45, 7) is 7.80. The molecule has 0 saturated carbocycles. The number of hydrogen-bond acceptors (Lipinski definition) is 5. The normalized spacial score (nSPS) is 22.1. The van der Waals surface area contributed by atoms with Crippen LogP contribution in [0.25, 0.3) is 26.7 Å². The molecule has 2 unspecified atom stereocenters. The van der Waals surface area contributed by atoms with Gasteiger partial charge >= 0.3 is 0 Å². The number of rotatable bonds is 4. The molecule has 0 bridgehead atoms. The topological polar surface area (TPSA) is 41.7 Å². The summed E-state index contributed by atoms with van der Waals surface area (Å²) in [7, 11) is 0. The number of aromatic nitrogens is 3. The van der Waals surface area contributed by atoms with Crippen LogP contribution in [-0.4, -0.2) is 38.5 Å². The molecule has 0 radical (unpaired) electrons. The number of aryl methyl sites for hydroxylation is 2. The number of thiazole rings is 1. The second kappa shape index (κ2) is 7.47. The van der Waals surface area contributed by atoms with Gasteiger partial charge in [0.25, 0.3) is 0 Å². The minimum absolute atomic E-state index is 0.587. The summed E-state index contributed by atoms with van der Waals surface area (Å²) in [6, 6.07) is 9.67. The predicted octanol–water partition coefficient (Wildman–Crippen LogP) is 5.39. The molecule has 0 amide bonds. The Morgan fingerprint density at radius 3 is 2.83 bits per heavy atom. The van der Waals surface area contributed by atoms with Gasteiger partial charge in [0.1, 0.15) is 5.01 Å². The maximum absolute atomic E-state index is 5.15. The molecular formula is C24H26N4S. The van der Waals surface area contributed by atoms with Gasteiger partial charge in [-0.2, -0.15) is 0 Å². The van der Waals surface area contributed by atoms with E-state index in [0.717, 1.165) is 39.7 Å². The Morgan fingerprint density at radius 2 is 2.07 bits per heavy atom. The molecule has 148 valence electrons. The zero-order valence-electron chi connectivity index (χ0n) is 17.2. The van der Waals surface area contributed by atoms with Gasteiger partial charge in [-0.15, -0.1) is 11.3 Å². The van der Waals surface area contributed by atoms with E-state index in [0.29, 0.717) is 12.1 Å². The molecule has 3 aromatic heterocycles. The molecule has 1 aliphatic carbocycles. The van der Waals surface area contributed by atoms with Crippen LogP contribution in [0, 0.1) is 6.92 Å². The molecule has 5 heteroatoms. The van der Waals surface area contributed by atoms with Gasteiger partial charge in [0, 0.05) is 36.6 Å². The summed E-state index contributed by atoms with van der Waals surface area (Å²) in [4.78, 5) is 17.9. The third-order valence-corrected chi connectivity index (χ3v) is 7.09. The largest absolute Gasteiger partial charge is 0.291 e. The molecule has 1 aliphatic heterocycles. The minimum atomic E-state index is 0.587. The molecular weight excluding hydrogens is 376 g/mol. The number of nitrogens with zero attached hydrogens (tertiary/aromatic N) is 4. The molecule has 2 aliphatic rings. The average Bonchev–Trinajstić information content (AvgIpc) is 3.41. The minimum Gasteiger partial charge on any atom is -0.291 e. The highest BCUT2D eigenvalue weighted by Gasteiger charge is 2.34. The lowest BCUT2D eigenvalue weighted by Gasteiger charge is -2.19. The van der Waals surface area contributed by atoms with Gasteiger partial charge in [0.15, 0.2) is 0 Å². The van der Waals surface area contributed by atoms with Crippen LogP contribution in [0.5, 0.6) is 0 Å². The van der Waals surface area contributed by atoms with Crippen molar-refractivity contribution in [3.8, 4) is 21.1 Å². The van der Waals surface area contributed by atoms with Crippen LogP contribution in [0.1, 0.15) is 43.6 Å². The van der Waals surface area contributed by atoms with Crippen molar-refractivity contribution in [1.82, 2.24) is 19.9 Å². The molecule has 3 aromatic rings. The molecule has 0 N–H and O–H groups in total. The van der Waals surface area contributed by atoms with E-state index in [-0.39, 0.29) is 0 Å². The second-order valence-electron chi connectivity index (χ2n) is 8.28. The van der Waals surface area contributed by atoms with Crippen LogP contribution in [0.3, 0.4) is 0 Å². The number of hydrogen-bond donors (Lipinski definition) is 0. The van der Waals surface area contributed by atoms with Crippen molar-refractivity contribution in [2.24, 2.45) is 0 Å². The highest BCUT2D eigenvalue weighted by molar-refractivity contribution is 7.18. The van der Waals surface area contributed by atoms with Crippen molar-refractivity contribution < 1.29 is 0 Å². The Labute approximate surface area is 176 Å². The Bertz CT molecular complexity index is 1070. The van der Waals surface area contributed by atoms with Crippen molar-refractivity contribution in [1.29, 1.82) is 0 Å². The summed E-state index contributed by atoms with van der Waals surface area (Å²) in [5.41, 5.74) is 7.16. The standard InChI is InChI=1S/C24H26N4S/c1-15(2)28-14-20(28)12-18-7-4-6-17-9-10-21(27-22(17)18)23-16(3)26-24(29-23)19-8-5-11-25-13-19/h5,8-13,15,20H,4,6-7,14H2,1-3H3. The van der Waals surface area contributed by atoms with Crippen molar-refractivity contribution in [2.75, 3.05) is 6.54 Å². The highest BCUT2D eigenvalue weighted by Crippen LogP contribution is 2.38. The third-order valence-electron chi connectivity index (χ3n) is 5.86. The van der Waals surface area contributed by atoms with Crippen LogP contribution in [0.2, 0.25) is 0 Å². The zero-order chi connectivity index (χ0) is 20.0. The van der Waals surface area contributed by atoms with Gasteiger partial charge in [-0.3, -0.25) is 9.88 Å². The number of allylic oxidation sites excluding steroid dienone is 1. The fourth-order valence-corrected chi connectivity index (χ4v) is 5.26.